The number of nitrogens with zero attached hydrogens (tertiary/aromatic N) is 2. The van der Waals surface area contributed by atoms with Crippen LogP contribution in [0.15, 0.2) is 71.3 Å². The van der Waals surface area contributed by atoms with Gasteiger partial charge in [0.25, 0.3) is 0 Å². The maximum absolute atomic E-state index is 12.7. The van der Waals surface area contributed by atoms with Gasteiger partial charge in [-0.1, -0.05) is 79.9 Å². The predicted octanol–water partition coefficient (Wildman–Crippen LogP) is 3.74. The molecular formula is C30H38N2O6. The first-order chi connectivity index (χ1) is 18.2. The molecule has 0 aliphatic heterocycles. The van der Waals surface area contributed by atoms with E-state index in [1.54, 1.807) is 6.20 Å². The Hall–Kier alpha value is -3.49. The van der Waals surface area contributed by atoms with Gasteiger partial charge in [0.2, 0.25) is 5.89 Å². The fourth-order valence-corrected chi connectivity index (χ4v) is 5.16. The molecule has 0 spiro atoms. The molecule has 0 unspecified atom stereocenters. The van der Waals surface area contributed by atoms with Gasteiger partial charge in [-0.05, 0) is 30.9 Å². The zero-order valence-corrected chi connectivity index (χ0v) is 22.4. The average Bonchev–Trinajstić information content (AvgIpc) is 3.38. The summed E-state index contributed by atoms with van der Waals surface area (Å²) in [5, 5.41) is 20.3. The quantitative estimate of drug-likeness (QED) is 0.259. The molecule has 1 N–H and O–H groups in total. The maximum Gasteiger partial charge on any atom is 0.362 e. The van der Waals surface area contributed by atoms with E-state index in [-0.39, 0.29) is 24.5 Å². The number of carboxylic acid groups (broad SMARTS) is 1. The zero-order chi connectivity index (χ0) is 27.6. The number of oxazole rings is 1. The van der Waals surface area contributed by atoms with Crippen LogP contribution in [0.2, 0.25) is 0 Å². The average molecular weight is 523 g/mol. The van der Waals surface area contributed by atoms with Gasteiger partial charge in [0.05, 0.1) is 20.3 Å². The van der Waals surface area contributed by atoms with Crippen molar-refractivity contribution in [3.63, 3.8) is 0 Å². The number of quaternary nitrogens is 1. The van der Waals surface area contributed by atoms with E-state index in [9.17, 15) is 9.90 Å². The number of ether oxygens (including phenoxy) is 1. The van der Waals surface area contributed by atoms with E-state index in [1.165, 1.54) is 6.42 Å². The highest BCUT2D eigenvalue weighted by Gasteiger charge is 2.45. The van der Waals surface area contributed by atoms with Crippen molar-refractivity contribution in [2.75, 3.05) is 20.6 Å². The second-order valence-electron chi connectivity index (χ2n) is 10.5. The van der Waals surface area contributed by atoms with Gasteiger partial charge in [-0.15, -0.1) is 0 Å². The van der Waals surface area contributed by atoms with E-state index in [0.29, 0.717) is 22.7 Å². The number of aliphatic hydroxyl groups is 1. The molecule has 3 aromatic rings. The lowest BCUT2D eigenvalue weighted by Crippen LogP contribution is -2.43. The van der Waals surface area contributed by atoms with Gasteiger partial charge < -0.3 is 28.6 Å². The van der Waals surface area contributed by atoms with Crippen molar-refractivity contribution >= 4 is 12.4 Å². The van der Waals surface area contributed by atoms with E-state index in [0.717, 1.165) is 36.8 Å². The Kier molecular flexibility index (Phi) is 10.2. The highest BCUT2D eigenvalue weighted by atomic mass is 16.5. The van der Waals surface area contributed by atoms with Crippen molar-refractivity contribution < 1.29 is 33.4 Å². The third kappa shape index (κ3) is 7.52. The Bertz CT molecular complexity index is 1140. The monoisotopic (exact) mass is 522 g/mol. The van der Waals surface area contributed by atoms with Gasteiger partial charge in [-0.2, -0.15) is 0 Å². The summed E-state index contributed by atoms with van der Waals surface area (Å²) < 4.78 is 12.2. The molecule has 0 bridgehead atoms. The number of hydrogen-bond acceptors (Lipinski definition) is 7. The lowest BCUT2D eigenvalue weighted by Gasteiger charge is -2.36. The molecule has 0 radical (unpaired) electrons. The van der Waals surface area contributed by atoms with Crippen molar-refractivity contribution in [2.45, 2.75) is 57.3 Å². The van der Waals surface area contributed by atoms with Crippen LogP contribution in [-0.4, -0.2) is 47.7 Å². The van der Waals surface area contributed by atoms with Crippen LogP contribution in [0.4, 0.5) is 0 Å². The Morgan fingerprint density at radius 2 is 1.71 bits per heavy atom. The largest absolute Gasteiger partial charge is 0.554 e. The highest BCUT2D eigenvalue weighted by Crippen LogP contribution is 2.43. The number of carbonyl (C=O) groups excluding carboxylic acids is 2. The SMILES string of the molecule is C[C@H](OC(=O)C[N+](C)(C)Cc1cnc([C@](O)(c2ccccc2)C2CCCCC2)o1)c1ccccc1.O=C[O-]. The molecule has 1 aromatic heterocycles. The summed E-state index contributed by atoms with van der Waals surface area (Å²) in [6.07, 6.45) is 6.65. The van der Waals surface area contributed by atoms with Crippen LogP contribution in [0.3, 0.4) is 0 Å². The summed E-state index contributed by atoms with van der Waals surface area (Å²) in [4.78, 5) is 25.5. The molecule has 1 aliphatic rings. The second kappa shape index (κ2) is 13.3. The summed E-state index contributed by atoms with van der Waals surface area (Å²) in [5.41, 5.74) is 0.516. The number of likely N-dealkylation sites (N-methyl/N-ethyl adjacent to an activating group) is 1. The van der Waals surface area contributed by atoms with E-state index in [1.807, 2.05) is 81.7 Å². The fraction of sp³-hybridized carbons (Fsp3) is 0.433. The van der Waals surface area contributed by atoms with Crippen LogP contribution in [0.1, 0.15) is 67.9 Å². The number of benzene rings is 2. The molecule has 0 amide bonds. The highest BCUT2D eigenvalue weighted by molar-refractivity contribution is 5.70. The fourth-order valence-electron chi connectivity index (χ4n) is 5.16. The normalized spacial score (nSPS) is 16.4. The Balaban J connectivity index is 0.00000127. The van der Waals surface area contributed by atoms with E-state index in [4.69, 9.17) is 19.1 Å². The Morgan fingerprint density at radius 3 is 2.32 bits per heavy atom. The van der Waals surface area contributed by atoms with Gasteiger partial charge in [-0.3, -0.25) is 0 Å². The van der Waals surface area contributed by atoms with Crippen molar-refractivity contribution in [1.82, 2.24) is 4.98 Å². The molecule has 1 aliphatic carbocycles. The van der Waals surface area contributed by atoms with Crippen LogP contribution < -0.4 is 5.11 Å². The lowest BCUT2D eigenvalue weighted by molar-refractivity contribution is -0.897. The smallest absolute Gasteiger partial charge is 0.362 e. The summed E-state index contributed by atoms with van der Waals surface area (Å²) in [6, 6.07) is 19.4. The zero-order valence-electron chi connectivity index (χ0n) is 22.4. The first kappa shape index (κ1) is 29.1. The van der Waals surface area contributed by atoms with Crippen molar-refractivity contribution in [2.24, 2.45) is 5.92 Å². The minimum absolute atomic E-state index is 0.0575. The molecule has 2 aromatic carbocycles. The van der Waals surface area contributed by atoms with Crippen molar-refractivity contribution in [1.29, 1.82) is 0 Å². The van der Waals surface area contributed by atoms with Crippen LogP contribution in [-0.2, 0) is 26.5 Å². The molecule has 1 fully saturated rings. The maximum atomic E-state index is 12.7. The van der Waals surface area contributed by atoms with Gasteiger partial charge in [0.1, 0.15) is 12.6 Å². The van der Waals surface area contributed by atoms with E-state index < -0.39 is 12.1 Å². The third-order valence-electron chi connectivity index (χ3n) is 7.01. The molecule has 38 heavy (non-hydrogen) atoms. The predicted molar refractivity (Wildman–Crippen MR) is 140 cm³/mol. The second-order valence-corrected chi connectivity index (χ2v) is 10.5. The number of esters is 1. The number of aromatic nitrogens is 1. The number of carbonyl (C=O) groups is 2. The molecule has 204 valence electrons. The minimum Gasteiger partial charge on any atom is -0.554 e. The van der Waals surface area contributed by atoms with Crippen LogP contribution in [0, 0.1) is 5.92 Å². The van der Waals surface area contributed by atoms with Gasteiger partial charge in [0.15, 0.2) is 17.9 Å². The molecular weight excluding hydrogens is 484 g/mol. The van der Waals surface area contributed by atoms with Crippen LogP contribution in [0.5, 0.6) is 0 Å². The van der Waals surface area contributed by atoms with Crippen LogP contribution in [0.25, 0.3) is 0 Å². The van der Waals surface area contributed by atoms with Gasteiger partial charge >= 0.3 is 5.97 Å². The lowest BCUT2D eigenvalue weighted by atomic mass is 9.73. The molecule has 4 rings (SSSR count). The number of rotatable bonds is 9. The molecule has 1 saturated carbocycles. The summed E-state index contributed by atoms with van der Waals surface area (Å²) in [7, 11) is 3.92. The van der Waals surface area contributed by atoms with Gasteiger partial charge in [-0.25, -0.2) is 9.78 Å². The van der Waals surface area contributed by atoms with E-state index >= 15 is 0 Å². The Labute approximate surface area is 224 Å². The molecule has 8 heteroatoms. The third-order valence-corrected chi connectivity index (χ3v) is 7.01. The molecule has 1 heterocycles. The van der Waals surface area contributed by atoms with Gasteiger partial charge in [0, 0.05) is 12.4 Å². The first-order valence-electron chi connectivity index (χ1n) is 13.0. The molecule has 0 saturated heterocycles. The van der Waals surface area contributed by atoms with Crippen molar-refractivity contribution in [3.05, 3.63) is 89.6 Å². The van der Waals surface area contributed by atoms with Crippen molar-refractivity contribution in [3.8, 4) is 0 Å². The molecule has 8 nitrogen and oxygen atoms in total. The topological polar surface area (TPSA) is 113 Å². The number of hydrogen-bond donors (Lipinski definition) is 1. The Morgan fingerprint density at radius 1 is 1.13 bits per heavy atom. The standard InChI is InChI=1S/C29H37N2O4.CH2O2/c1-22(23-13-7-4-8-14-23)34-27(32)21-31(2,3)20-26-19-30-28(35-26)29(33,24-15-9-5-10-16-24)25-17-11-6-12-18-25;2-1-3/h4-5,7-10,13-16,19,22,25,33H,6,11-12,17-18,20-21H2,1-3H3;1H,(H,2,3)/q+1;/p-1/t22-,29-;/m0./s1. The van der Waals surface area contributed by atoms with Crippen LogP contribution >= 0.6 is 0 Å². The first-order valence-corrected chi connectivity index (χ1v) is 13.0. The minimum atomic E-state index is -1.26. The summed E-state index contributed by atoms with van der Waals surface area (Å²) >= 11 is 0. The van der Waals surface area contributed by atoms with E-state index in [2.05, 4.69) is 4.98 Å². The summed E-state index contributed by atoms with van der Waals surface area (Å²) in [6.45, 7) is 2.03. The summed E-state index contributed by atoms with van der Waals surface area (Å²) in [5.74, 6) is 0.765. The molecule has 2 atom stereocenters.